The Kier molecular flexibility index (Phi) is 5.55. The fraction of sp³-hybridized carbons (Fsp3) is 0.333. The molecule has 0 saturated heterocycles. The highest BCUT2D eigenvalue weighted by atomic mass is 32.2. The van der Waals surface area contributed by atoms with Gasteiger partial charge in [0.2, 0.25) is 11.8 Å². The molecular formula is C15H16N4O2S. The van der Waals surface area contributed by atoms with Gasteiger partial charge >= 0.3 is 0 Å². The predicted octanol–water partition coefficient (Wildman–Crippen LogP) is 2.48. The molecule has 0 saturated carbocycles. The number of carbonyl (C=O) groups excluding carboxylic acids is 1. The number of aromatic nitrogens is 2. The van der Waals surface area contributed by atoms with Gasteiger partial charge in [0.25, 0.3) is 5.22 Å². The number of hydrogen-bond donors (Lipinski definition) is 1. The van der Waals surface area contributed by atoms with Crippen molar-refractivity contribution in [3.8, 4) is 17.5 Å². The van der Waals surface area contributed by atoms with Crippen molar-refractivity contribution in [1.29, 1.82) is 5.26 Å². The molecule has 22 heavy (non-hydrogen) atoms. The van der Waals surface area contributed by atoms with Crippen LogP contribution < -0.4 is 5.32 Å². The van der Waals surface area contributed by atoms with Gasteiger partial charge < -0.3 is 9.73 Å². The first kappa shape index (κ1) is 16.0. The van der Waals surface area contributed by atoms with E-state index in [9.17, 15) is 4.79 Å². The number of hydrogen-bond acceptors (Lipinski definition) is 6. The van der Waals surface area contributed by atoms with Gasteiger partial charge in [0, 0.05) is 12.1 Å². The molecule has 0 aliphatic rings. The molecule has 7 heteroatoms. The fourth-order valence-corrected chi connectivity index (χ4v) is 2.51. The van der Waals surface area contributed by atoms with Crippen LogP contribution in [0, 0.1) is 25.2 Å². The van der Waals surface area contributed by atoms with E-state index < -0.39 is 0 Å². The van der Waals surface area contributed by atoms with Gasteiger partial charge in [0.05, 0.1) is 18.2 Å². The van der Waals surface area contributed by atoms with Crippen molar-refractivity contribution in [2.75, 3.05) is 12.3 Å². The minimum Gasteiger partial charge on any atom is -0.411 e. The number of thioether (sulfide) groups is 1. The summed E-state index contributed by atoms with van der Waals surface area (Å²) >= 11 is 1.18. The summed E-state index contributed by atoms with van der Waals surface area (Å²) in [6, 6.07) is 7.99. The minimum absolute atomic E-state index is 0.161. The van der Waals surface area contributed by atoms with Crippen LogP contribution in [0.4, 0.5) is 0 Å². The lowest BCUT2D eigenvalue weighted by Crippen LogP contribution is -2.25. The Hall–Kier alpha value is -2.33. The normalized spacial score (nSPS) is 10.2. The average Bonchev–Trinajstić information content (AvgIpc) is 2.93. The van der Waals surface area contributed by atoms with Crippen LogP contribution in [-0.2, 0) is 4.79 Å². The number of nitriles is 1. The number of rotatable bonds is 6. The molecule has 0 unspecified atom stereocenters. The minimum atomic E-state index is -0.161. The summed E-state index contributed by atoms with van der Waals surface area (Å²) in [7, 11) is 0. The number of benzene rings is 1. The van der Waals surface area contributed by atoms with Crippen LogP contribution in [0.5, 0.6) is 0 Å². The van der Waals surface area contributed by atoms with Gasteiger partial charge in [-0.1, -0.05) is 29.0 Å². The van der Waals surface area contributed by atoms with Crippen molar-refractivity contribution in [2.45, 2.75) is 25.5 Å². The second-order valence-corrected chi connectivity index (χ2v) is 5.72. The third-order valence-electron chi connectivity index (χ3n) is 2.76. The molecule has 2 rings (SSSR count). The van der Waals surface area contributed by atoms with Crippen molar-refractivity contribution in [3.63, 3.8) is 0 Å². The van der Waals surface area contributed by atoms with Crippen molar-refractivity contribution in [1.82, 2.24) is 15.5 Å². The summed E-state index contributed by atoms with van der Waals surface area (Å²) in [5.41, 5.74) is 3.12. The third kappa shape index (κ3) is 4.60. The zero-order chi connectivity index (χ0) is 15.9. The first-order valence-corrected chi connectivity index (χ1v) is 7.75. The largest absolute Gasteiger partial charge is 0.411 e. The van der Waals surface area contributed by atoms with Crippen LogP contribution in [0.2, 0.25) is 0 Å². The van der Waals surface area contributed by atoms with Gasteiger partial charge in [-0.3, -0.25) is 4.79 Å². The number of nitrogens with zero attached hydrogens (tertiary/aromatic N) is 3. The van der Waals surface area contributed by atoms with E-state index in [1.807, 2.05) is 32.0 Å². The monoisotopic (exact) mass is 316 g/mol. The van der Waals surface area contributed by atoms with Crippen LogP contribution in [0.3, 0.4) is 0 Å². The van der Waals surface area contributed by atoms with Crippen molar-refractivity contribution >= 4 is 17.7 Å². The van der Waals surface area contributed by atoms with Crippen LogP contribution in [0.25, 0.3) is 11.5 Å². The van der Waals surface area contributed by atoms with Gasteiger partial charge in [-0.25, -0.2) is 0 Å². The summed E-state index contributed by atoms with van der Waals surface area (Å²) in [5, 5.41) is 19.3. The standard InChI is InChI=1S/C15H16N4O2S/c1-10-6-11(2)8-12(7-10)14-18-19-15(21-14)22-9-13(20)17-5-3-4-16/h6-8H,3,5,9H2,1-2H3,(H,17,20). The second-order valence-electron chi connectivity index (χ2n) is 4.80. The van der Waals surface area contributed by atoms with Crippen LogP contribution in [0.15, 0.2) is 27.8 Å². The summed E-state index contributed by atoms with van der Waals surface area (Å²) in [5.74, 6) is 0.463. The lowest BCUT2D eigenvalue weighted by Gasteiger charge is -2.00. The topological polar surface area (TPSA) is 91.8 Å². The molecule has 114 valence electrons. The smallest absolute Gasteiger partial charge is 0.277 e. The molecule has 1 heterocycles. The van der Waals surface area contributed by atoms with Gasteiger partial charge in [-0.2, -0.15) is 5.26 Å². The maximum Gasteiger partial charge on any atom is 0.277 e. The summed E-state index contributed by atoms with van der Waals surface area (Å²) in [6.07, 6.45) is 0.299. The fourth-order valence-electron chi connectivity index (χ4n) is 1.92. The zero-order valence-corrected chi connectivity index (χ0v) is 13.2. The van der Waals surface area contributed by atoms with Gasteiger partial charge in [-0.05, 0) is 26.0 Å². The highest BCUT2D eigenvalue weighted by molar-refractivity contribution is 7.99. The van der Waals surface area contributed by atoms with E-state index >= 15 is 0 Å². The molecule has 0 fully saturated rings. The Morgan fingerprint density at radius 2 is 2.05 bits per heavy atom. The van der Waals surface area contributed by atoms with Crippen molar-refractivity contribution in [2.24, 2.45) is 0 Å². The highest BCUT2D eigenvalue weighted by Crippen LogP contribution is 2.24. The number of aryl methyl sites for hydroxylation is 2. The molecule has 1 amide bonds. The second kappa shape index (κ2) is 7.61. The number of nitrogens with one attached hydrogen (secondary N) is 1. The zero-order valence-electron chi connectivity index (χ0n) is 12.4. The first-order chi connectivity index (χ1) is 10.6. The van der Waals surface area contributed by atoms with E-state index in [0.29, 0.717) is 24.1 Å². The van der Waals surface area contributed by atoms with Crippen molar-refractivity contribution < 1.29 is 9.21 Å². The molecule has 1 aromatic carbocycles. The molecule has 1 aromatic heterocycles. The lowest BCUT2D eigenvalue weighted by molar-refractivity contribution is -0.118. The SMILES string of the molecule is Cc1cc(C)cc(-c2nnc(SCC(=O)NCCC#N)o2)c1. The average molecular weight is 316 g/mol. The molecule has 0 aliphatic carbocycles. The summed E-state index contributed by atoms with van der Waals surface area (Å²) in [6.45, 7) is 4.37. The molecule has 6 nitrogen and oxygen atoms in total. The summed E-state index contributed by atoms with van der Waals surface area (Å²) in [4.78, 5) is 11.5. The Balaban J connectivity index is 1.94. The van der Waals surface area contributed by atoms with E-state index in [4.69, 9.17) is 9.68 Å². The molecule has 0 aliphatic heterocycles. The Morgan fingerprint density at radius 1 is 1.32 bits per heavy atom. The number of carbonyl (C=O) groups is 1. The molecule has 2 aromatic rings. The van der Waals surface area contributed by atoms with E-state index in [1.165, 1.54) is 11.8 Å². The highest BCUT2D eigenvalue weighted by Gasteiger charge is 2.11. The van der Waals surface area contributed by atoms with E-state index in [2.05, 4.69) is 21.6 Å². The van der Waals surface area contributed by atoms with Gasteiger partial charge in [0.1, 0.15) is 0 Å². The molecule has 0 spiro atoms. The lowest BCUT2D eigenvalue weighted by atomic mass is 10.1. The van der Waals surface area contributed by atoms with Crippen LogP contribution >= 0.6 is 11.8 Å². The predicted molar refractivity (Wildman–Crippen MR) is 83.2 cm³/mol. The molecule has 0 bridgehead atoms. The maximum absolute atomic E-state index is 11.5. The van der Waals surface area contributed by atoms with E-state index in [0.717, 1.165) is 16.7 Å². The van der Waals surface area contributed by atoms with Crippen LogP contribution in [0.1, 0.15) is 17.5 Å². The van der Waals surface area contributed by atoms with E-state index in [-0.39, 0.29) is 11.7 Å². The molecular weight excluding hydrogens is 300 g/mol. The first-order valence-electron chi connectivity index (χ1n) is 6.77. The van der Waals surface area contributed by atoms with Crippen molar-refractivity contribution in [3.05, 3.63) is 29.3 Å². The Morgan fingerprint density at radius 3 is 2.73 bits per heavy atom. The van der Waals surface area contributed by atoms with Crippen LogP contribution in [-0.4, -0.2) is 28.4 Å². The summed E-state index contributed by atoms with van der Waals surface area (Å²) < 4.78 is 5.56. The van der Waals surface area contributed by atoms with Gasteiger partial charge in [-0.15, -0.1) is 10.2 Å². The Bertz CT molecular complexity index is 686. The number of amides is 1. The Labute approximate surface area is 132 Å². The molecule has 0 radical (unpaired) electrons. The molecule has 1 N–H and O–H groups in total. The van der Waals surface area contributed by atoms with E-state index in [1.54, 1.807) is 0 Å². The van der Waals surface area contributed by atoms with Gasteiger partial charge in [0.15, 0.2) is 0 Å². The third-order valence-corrected chi connectivity index (χ3v) is 3.58. The molecule has 0 atom stereocenters. The quantitative estimate of drug-likeness (QED) is 0.650. The maximum atomic E-state index is 11.5.